The van der Waals surface area contributed by atoms with E-state index < -0.39 is 11.7 Å². The molecule has 1 amide bonds. The molecule has 0 saturated carbocycles. The summed E-state index contributed by atoms with van der Waals surface area (Å²) in [6.07, 6.45) is -0.188. The Morgan fingerprint density at radius 2 is 2.18 bits per heavy atom. The highest BCUT2D eigenvalue weighted by Crippen LogP contribution is 2.22. The number of hydrogen-bond acceptors (Lipinski definition) is 5. The van der Waals surface area contributed by atoms with Crippen molar-refractivity contribution in [2.24, 2.45) is 0 Å². The van der Waals surface area contributed by atoms with Gasteiger partial charge in [0.2, 0.25) is 0 Å². The summed E-state index contributed by atoms with van der Waals surface area (Å²) in [5, 5.41) is 12.2. The molecule has 0 radical (unpaired) electrons. The van der Waals surface area contributed by atoms with Gasteiger partial charge < -0.3 is 19.6 Å². The lowest BCUT2D eigenvalue weighted by Gasteiger charge is -2.15. The van der Waals surface area contributed by atoms with Gasteiger partial charge in [0.15, 0.2) is 6.10 Å². The van der Waals surface area contributed by atoms with Crippen molar-refractivity contribution >= 4 is 16.9 Å². The van der Waals surface area contributed by atoms with Crippen molar-refractivity contribution in [3.05, 3.63) is 40.2 Å². The van der Waals surface area contributed by atoms with Crippen LogP contribution in [0.4, 0.5) is 0 Å². The van der Waals surface area contributed by atoms with E-state index in [9.17, 15) is 9.59 Å². The monoisotopic (exact) mass is 305 g/mol. The lowest BCUT2D eigenvalue weighted by molar-refractivity contribution is -0.127. The molecule has 118 valence electrons. The average Bonchev–Trinajstić information content (AvgIpc) is 2.46. The molecule has 0 aliphatic rings. The lowest BCUT2D eigenvalue weighted by atomic mass is 10.1. The number of carbonyl (C=O) groups is 1. The first-order valence-electron chi connectivity index (χ1n) is 7.11. The largest absolute Gasteiger partial charge is 0.481 e. The van der Waals surface area contributed by atoms with Crippen LogP contribution in [0.2, 0.25) is 0 Å². The van der Waals surface area contributed by atoms with Gasteiger partial charge in [-0.15, -0.1) is 0 Å². The van der Waals surface area contributed by atoms with E-state index in [2.05, 4.69) is 5.32 Å². The Bertz CT molecular complexity index is 722. The minimum Gasteiger partial charge on any atom is -0.481 e. The molecule has 0 aliphatic heterocycles. The number of carbonyl (C=O) groups excluding carboxylic acids is 1. The second-order valence-corrected chi connectivity index (χ2v) is 5.03. The third-order valence-electron chi connectivity index (χ3n) is 3.24. The van der Waals surface area contributed by atoms with E-state index in [-0.39, 0.29) is 12.5 Å². The summed E-state index contributed by atoms with van der Waals surface area (Å²) in [4.78, 5) is 23.2. The number of ether oxygens (including phenoxy) is 1. The number of rotatable bonds is 6. The topological polar surface area (TPSA) is 88.8 Å². The molecule has 6 heteroatoms. The van der Waals surface area contributed by atoms with Crippen LogP contribution in [-0.2, 0) is 4.79 Å². The molecule has 1 aromatic carbocycles. The zero-order valence-electron chi connectivity index (χ0n) is 12.6. The van der Waals surface area contributed by atoms with Crippen molar-refractivity contribution in [3.63, 3.8) is 0 Å². The lowest BCUT2D eigenvalue weighted by Crippen LogP contribution is -2.37. The third-order valence-corrected chi connectivity index (χ3v) is 3.24. The van der Waals surface area contributed by atoms with E-state index >= 15 is 0 Å². The Morgan fingerprint density at radius 3 is 2.91 bits per heavy atom. The van der Waals surface area contributed by atoms with Crippen molar-refractivity contribution in [2.75, 3.05) is 13.2 Å². The molecule has 2 rings (SSSR count). The maximum Gasteiger partial charge on any atom is 0.336 e. The molecule has 2 N–H and O–H groups in total. The molecular formula is C16H19NO5. The van der Waals surface area contributed by atoms with Crippen molar-refractivity contribution in [3.8, 4) is 5.75 Å². The second-order valence-electron chi connectivity index (χ2n) is 5.03. The summed E-state index contributed by atoms with van der Waals surface area (Å²) < 4.78 is 10.7. The van der Waals surface area contributed by atoms with Gasteiger partial charge in [-0.1, -0.05) is 0 Å². The van der Waals surface area contributed by atoms with Gasteiger partial charge in [0, 0.05) is 30.7 Å². The Hall–Kier alpha value is -2.34. The number of hydrogen-bond donors (Lipinski definition) is 2. The summed E-state index contributed by atoms with van der Waals surface area (Å²) in [5.41, 5.74) is 0.833. The van der Waals surface area contributed by atoms with Crippen LogP contribution < -0.4 is 15.7 Å². The van der Waals surface area contributed by atoms with Crippen LogP contribution >= 0.6 is 0 Å². The number of amides is 1. The molecule has 1 atom stereocenters. The SMILES string of the molecule is Cc1cc(=O)oc2cc(OC(C)C(=O)NCCCO)ccc12. The first kappa shape index (κ1) is 16.0. The maximum absolute atomic E-state index is 11.8. The fraction of sp³-hybridized carbons (Fsp3) is 0.375. The quantitative estimate of drug-likeness (QED) is 0.621. The maximum atomic E-state index is 11.8. The minimum atomic E-state index is -0.687. The Balaban J connectivity index is 2.11. The van der Waals surface area contributed by atoms with E-state index in [1.165, 1.54) is 6.07 Å². The van der Waals surface area contributed by atoms with Gasteiger partial charge >= 0.3 is 5.63 Å². The van der Waals surface area contributed by atoms with Gasteiger partial charge in [-0.2, -0.15) is 0 Å². The van der Waals surface area contributed by atoms with Crippen LogP contribution in [-0.4, -0.2) is 30.3 Å². The normalized spacial score (nSPS) is 12.1. The summed E-state index contributed by atoms with van der Waals surface area (Å²) in [7, 11) is 0. The molecule has 22 heavy (non-hydrogen) atoms. The number of aliphatic hydroxyl groups excluding tert-OH is 1. The highest BCUT2D eigenvalue weighted by atomic mass is 16.5. The first-order valence-corrected chi connectivity index (χ1v) is 7.11. The van der Waals surface area contributed by atoms with Gasteiger partial charge in [0.05, 0.1) is 0 Å². The second kappa shape index (κ2) is 7.09. The highest BCUT2D eigenvalue weighted by Gasteiger charge is 2.14. The summed E-state index contributed by atoms with van der Waals surface area (Å²) in [6.45, 7) is 3.88. The van der Waals surface area contributed by atoms with E-state index in [0.29, 0.717) is 24.3 Å². The molecule has 1 heterocycles. The predicted molar refractivity (Wildman–Crippen MR) is 82.0 cm³/mol. The molecule has 0 aliphatic carbocycles. The van der Waals surface area contributed by atoms with Gasteiger partial charge in [0.1, 0.15) is 11.3 Å². The van der Waals surface area contributed by atoms with Gasteiger partial charge in [-0.25, -0.2) is 4.79 Å². The zero-order valence-corrected chi connectivity index (χ0v) is 12.6. The van der Waals surface area contributed by atoms with Crippen LogP contribution in [0.5, 0.6) is 5.75 Å². The highest BCUT2D eigenvalue weighted by molar-refractivity contribution is 5.82. The zero-order chi connectivity index (χ0) is 16.1. The molecule has 0 bridgehead atoms. The molecule has 1 aromatic heterocycles. The fourth-order valence-electron chi connectivity index (χ4n) is 2.07. The Morgan fingerprint density at radius 1 is 1.41 bits per heavy atom. The number of aryl methyl sites for hydroxylation is 1. The smallest absolute Gasteiger partial charge is 0.336 e. The summed E-state index contributed by atoms with van der Waals surface area (Å²) in [5.74, 6) is 0.185. The number of fused-ring (bicyclic) bond motifs is 1. The predicted octanol–water partition coefficient (Wildman–Crippen LogP) is 1.37. The van der Waals surface area contributed by atoms with Crippen molar-refractivity contribution < 1.29 is 19.1 Å². The van der Waals surface area contributed by atoms with E-state index in [4.69, 9.17) is 14.3 Å². The van der Waals surface area contributed by atoms with E-state index in [0.717, 1.165) is 10.9 Å². The van der Waals surface area contributed by atoms with Crippen molar-refractivity contribution in [1.29, 1.82) is 0 Å². The molecule has 0 fully saturated rings. The molecule has 0 spiro atoms. The van der Waals surface area contributed by atoms with E-state index in [1.807, 2.05) is 6.92 Å². The van der Waals surface area contributed by atoms with Crippen LogP contribution in [0.3, 0.4) is 0 Å². The Kier molecular flexibility index (Phi) is 5.16. The summed E-state index contributed by atoms with van der Waals surface area (Å²) in [6, 6.07) is 6.55. The third kappa shape index (κ3) is 3.85. The fourth-order valence-corrected chi connectivity index (χ4v) is 2.07. The summed E-state index contributed by atoms with van der Waals surface area (Å²) >= 11 is 0. The van der Waals surface area contributed by atoms with E-state index in [1.54, 1.807) is 25.1 Å². The number of aliphatic hydroxyl groups is 1. The van der Waals surface area contributed by atoms with Crippen LogP contribution in [0.1, 0.15) is 18.9 Å². The van der Waals surface area contributed by atoms with Crippen molar-refractivity contribution in [1.82, 2.24) is 5.32 Å². The Labute approximate surface area is 127 Å². The number of nitrogens with one attached hydrogen (secondary N) is 1. The van der Waals surface area contributed by atoms with Crippen LogP contribution in [0.25, 0.3) is 11.0 Å². The van der Waals surface area contributed by atoms with Crippen LogP contribution in [0.15, 0.2) is 33.5 Å². The van der Waals surface area contributed by atoms with Crippen LogP contribution in [0, 0.1) is 6.92 Å². The van der Waals surface area contributed by atoms with Gasteiger partial charge in [0.25, 0.3) is 5.91 Å². The molecule has 6 nitrogen and oxygen atoms in total. The standard InChI is InChI=1S/C16H19NO5/c1-10-8-15(19)22-14-9-12(4-5-13(10)14)21-11(2)16(20)17-6-3-7-18/h4-5,8-9,11,18H,3,6-7H2,1-2H3,(H,17,20). The molecule has 2 aromatic rings. The minimum absolute atomic E-state index is 0.0264. The van der Waals surface area contributed by atoms with Gasteiger partial charge in [-0.3, -0.25) is 4.79 Å². The molecule has 1 unspecified atom stereocenters. The molecular weight excluding hydrogens is 286 g/mol. The average molecular weight is 305 g/mol. The molecule has 0 saturated heterocycles. The van der Waals surface area contributed by atoms with Gasteiger partial charge in [-0.05, 0) is 38.0 Å². The number of benzene rings is 1. The first-order chi connectivity index (χ1) is 10.5. The van der Waals surface area contributed by atoms with Crippen molar-refractivity contribution in [2.45, 2.75) is 26.4 Å².